The van der Waals surface area contributed by atoms with E-state index >= 15 is 0 Å². The molecule has 2 aromatic heterocycles. The van der Waals surface area contributed by atoms with Gasteiger partial charge in [-0.25, -0.2) is 0 Å². The fourth-order valence-corrected chi connectivity index (χ4v) is 3.17. The molecule has 0 N–H and O–H groups in total. The SMILES string of the molecule is CCOc1ccccc1CN(C)Cn1ccc(-c2ccsc2)n1. The minimum Gasteiger partial charge on any atom is -0.494 e. The average molecular weight is 327 g/mol. The summed E-state index contributed by atoms with van der Waals surface area (Å²) in [7, 11) is 2.09. The fourth-order valence-electron chi connectivity index (χ4n) is 2.52. The number of ether oxygens (including phenoxy) is 1. The molecule has 0 atom stereocenters. The van der Waals surface area contributed by atoms with Crippen LogP contribution < -0.4 is 4.74 Å². The third-order valence-electron chi connectivity index (χ3n) is 3.56. The Morgan fingerprint density at radius 3 is 2.87 bits per heavy atom. The van der Waals surface area contributed by atoms with Gasteiger partial charge in [-0.2, -0.15) is 16.4 Å². The van der Waals surface area contributed by atoms with Gasteiger partial charge in [-0.1, -0.05) is 18.2 Å². The largest absolute Gasteiger partial charge is 0.494 e. The van der Waals surface area contributed by atoms with Crippen LogP contribution in [0.1, 0.15) is 12.5 Å². The minimum absolute atomic E-state index is 0.684. The minimum atomic E-state index is 0.684. The van der Waals surface area contributed by atoms with Crippen molar-refractivity contribution in [3.8, 4) is 17.0 Å². The van der Waals surface area contributed by atoms with Crippen LogP contribution in [0.4, 0.5) is 0 Å². The van der Waals surface area contributed by atoms with Crippen LogP contribution in [0.2, 0.25) is 0 Å². The zero-order valence-electron chi connectivity index (χ0n) is 13.5. The molecule has 0 unspecified atom stereocenters. The zero-order chi connectivity index (χ0) is 16.1. The van der Waals surface area contributed by atoms with E-state index in [9.17, 15) is 0 Å². The third kappa shape index (κ3) is 4.00. The highest BCUT2D eigenvalue weighted by molar-refractivity contribution is 7.08. The molecule has 3 rings (SSSR count). The lowest BCUT2D eigenvalue weighted by Gasteiger charge is -2.18. The second-order valence-corrected chi connectivity index (χ2v) is 6.23. The van der Waals surface area contributed by atoms with Crippen LogP contribution in [0.3, 0.4) is 0 Å². The Morgan fingerprint density at radius 2 is 2.09 bits per heavy atom. The molecule has 0 spiro atoms. The first kappa shape index (κ1) is 15.8. The first-order valence-corrected chi connectivity index (χ1v) is 8.66. The molecule has 5 heteroatoms. The van der Waals surface area contributed by atoms with Crippen molar-refractivity contribution in [1.29, 1.82) is 0 Å². The topological polar surface area (TPSA) is 30.3 Å². The maximum absolute atomic E-state index is 5.69. The van der Waals surface area contributed by atoms with E-state index in [4.69, 9.17) is 4.74 Å². The van der Waals surface area contributed by atoms with Crippen LogP contribution in [-0.2, 0) is 13.2 Å². The van der Waals surface area contributed by atoms with E-state index in [1.165, 1.54) is 11.1 Å². The fraction of sp³-hybridized carbons (Fsp3) is 0.278. The normalized spacial score (nSPS) is 11.1. The number of para-hydroxylation sites is 1. The second kappa shape index (κ2) is 7.44. The molecule has 0 saturated carbocycles. The van der Waals surface area contributed by atoms with Crippen LogP contribution >= 0.6 is 11.3 Å². The Balaban J connectivity index is 1.65. The van der Waals surface area contributed by atoms with Crippen molar-refractivity contribution < 1.29 is 4.74 Å². The lowest BCUT2D eigenvalue weighted by Crippen LogP contribution is -2.22. The predicted octanol–water partition coefficient (Wildman–Crippen LogP) is 4.10. The van der Waals surface area contributed by atoms with Crippen molar-refractivity contribution in [3.05, 3.63) is 58.9 Å². The highest BCUT2D eigenvalue weighted by Crippen LogP contribution is 2.21. The van der Waals surface area contributed by atoms with Gasteiger partial charge in [0.1, 0.15) is 5.75 Å². The van der Waals surface area contributed by atoms with Gasteiger partial charge in [0.2, 0.25) is 0 Å². The van der Waals surface area contributed by atoms with Gasteiger partial charge in [0.15, 0.2) is 0 Å². The number of benzene rings is 1. The lowest BCUT2D eigenvalue weighted by atomic mass is 10.2. The van der Waals surface area contributed by atoms with Gasteiger partial charge >= 0.3 is 0 Å². The summed E-state index contributed by atoms with van der Waals surface area (Å²) in [6.07, 6.45) is 2.03. The van der Waals surface area contributed by atoms with Crippen molar-refractivity contribution in [2.24, 2.45) is 0 Å². The number of aromatic nitrogens is 2. The predicted molar refractivity (Wildman–Crippen MR) is 94.6 cm³/mol. The number of rotatable bonds is 7. The van der Waals surface area contributed by atoms with E-state index in [1.807, 2.05) is 36.0 Å². The first-order chi connectivity index (χ1) is 11.3. The van der Waals surface area contributed by atoms with Crippen LogP contribution in [-0.4, -0.2) is 28.3 Å². The first-order valence-electron chi connectivity index (χ1n) is 7.71. The van der Waals surface area contributed by atoms with Gasteiger partial charge in [-0.3, -0.25) is 9.58 Å². The van der Waals surface area contributed by atoms with Gasteiger partial charge in [0.05, 0.1) is 19.0 Å². The summed E-state index contributed by atoms with van der Waals surface area (Å²) >= 11 is 1.69. The molecule has 0 radical (unpaired) electrons. The Morgan fingerprint density at radius 1 is 1.22 bits per heavy atom. The Bertz CT molecular complexity index is 736. The third-order valence-corrected chi connectivity index (χ3v) is 4.24. The van der Waals surface area contributed by atoms with Crippen LogP contribution in [0, 0.1) is 0 Å². The lowest BCUT2D eigenvalue weighted by molar-refractivity contribution is 0.240. The number of nitrogens with zero attached hydrogens (tertiary/aromatic N) is 3. The van der Waals surface area contributed by atoms with Gasteiger partial charge in [0, 0.05) is 29.2 Å². The van der Waals surface area contributed by atoms with Gasteiger partial charge in [-0.15, -0.1) is 0 Å². The zero-order valence-corrected chi connectivity index (χ0v) is 14.3. The Hall–Kier alpha value is -2.11. The molecule has 23 heavy (non-hydrogen) atoms. The average Bonchev–Trinajstić information content (AvgIpc) is 3.20. The summed E-state index contributed by atoms with van der Waals surface area (Å²) < 4.78 is 7.66. The number of hydrogen-bond acceptors (Lipinski definition) is 4. The molecule has 0 bridgehead atoms. The molecule has 0 saturated heterocycles. The molecule has 1 aromatic carbocycles. The van der Waals surface area contributed by atoms with Crippen molar-refractivity contribution in [1.82, 2.24) is 14.7 Å². The summed E-state index contributed by atoms with van der Waals surface area (Å²) in [5.41, 5.74) is 3.40. The van der Waals surface area contributed by atoms with Gasteiger partial charge in [0.25, 0.3) is 0 Å². The highest BCUT2D eigenvalue weighted by Gasteiger charge is 2.08. The van der Waals surface area contributed by atoms with Crippen molar-refractivity contribution in [2.75, 3.05) is 13.7 Å². The van der Waals surface area contributed by atoms with Gasteiger partial charge < -0.3 is 4.74 Å². The standard InChI is InChI=1S/C18H21N3OS/c1-3-22-18-7-5-4-6-15(18)12-20(2)14-21-10-8-17(19-21)16-9-11-23-13-16/h4-11,13H,3,12,14H2,1-2H3. The molecule has 0 aliphatic carbocycles. The maximum atomic E-state index is 5.69. The Kier molecular flexibility index (Phi) is 5.10. The smallest absolute Gasteiger partial charge is 0.123 e. The summed E-state index contributed by atoms with van der Waals surface area (Å²) in [4.78, 5) is 2.22. The van der Waals surface area contributed by atoms with Crippen molar-refractivity contribution in [2.45, 2.75) is 20.1 Å². The van der Waals surface area contributed by atoms with E-state index in [2.05, 4.69) is 46.0 Å². The van der Waals surface area contributed by atoms with Gasteiger partial charge in [-0.05, 0) is 37.6 Å². The maximum Gasteiger partial charge on any atom is 0.123 e. The molecular formula is C18H21N3OS. The van der Waals surface area contributed by atoms with E-state index < -0.39 is 0 Å². The highest BCUT2D eigenvalue weighted by atomic mass is 32.1. The Labute approximate surface area is 140 Å². The molecule has 0 amide bonds. The molecule has 4 nitrogen and oxygen atoms in total. The van der Waals surface area contributed by atoms with E-state index in [-0.39, 0.29) is 0 Å². The van der Waals surface area contributed by atoms with Crippen molar-refractivity contribution >= 4 is 11.3 Å². The van der Waals surface area contributed by atoms with Crippen molar-refractivity contribution in [3.63, 3.8) is 0 Å². The molecular weight excluding hydrogens is 306 g/mol. The molecule has 3 aromatic rings. The van der Waals surface area contributed by atoms with Crippen LogP contribution in [0.15, 0.2) is 53.4 Å². The summed E-state index contributed by atoms with van der Waals surface area (Å²) in [5.74, 6) is 0.960. The number of hydrogen-bond donors (Lipinski definition) is 0. The summed E-state index contributed by atoms with van der Waals surface area (Å²) in [6, 6.07) is 12.4. The van der Waals surface area contributed by atoms with E-state index in [0.29, 0.717) is 6.61 Å². The van der Waals surface area contributed by atoms with E-state index in [0.717, 1.165) is 24.7 Å². The molecule has 0 fully saturated rings. The van der Waals surface area contributed by atoms with Crippen LogP contribution in [0.5, 0.6) is 5.75 Å². The monoisotopic (exact) mass is 327 g/mol. The molecule has 120 valence electrons. The second-order valence-electron chi connectivity index (χ2n) is 5.45. The van der Waals surface area contributed by atoms with E-state index in [1.54, 1.807) is 11.3 Å². The summed E-state index contributed by atoms with van der Waals surface area (Å²) in [6.45, 7) is 4.26. The molecule has 0 aliphatic heterocycles. The quantitative estimate of drug-likeness (QED) is 0.654. The molecule has 2 heterocycles. The summed E-state index contributed by atoms with van der Waals surface area (Å²) in [5, 5.41) is 8.84. The number of thiophene rings is 1. The van der Waals surface area contributed by atoms with Crippen LogP contribution in [0.25, 0.3) is 11.3 Å². The molecule has 0 aliphatic rings.